The van der Waals surface area contributed by atoms with Crippen LogP contribution in [-0.4, -0.2) is 31.2 Å². The number of hydrogen-bond acceptors (Lipinski definition) is 5. The highest BCUT2D eigenvalue weighted by Gasteiger charge is 2.40. The van der Waals surface area contributed by atoms with Gasteiger partial charge in [0.1, 0.15) is 11.4 Å². The highest BCUT2D eigenvalue weighted by atomic mass is 16.5. The zero-order valence-corrected chi connectivity index (χ0v) is 14.3. The number of anilines is 1. The van der Waals surface area contributed by atoms with E-state index < -0.39 is 23.8 Å². The maximum atomic E-state index is 12.7. The molecule has 7 heteroatoms. The quantitative estimate of drug-likeness (QED) is 0.677. The van der Waals surface area contributed by atoms with Crippen molar-refractivity contribution in [1.82, 2.24) is 5.32 Å². The first-order chi connectivity index (χ1) is 12.5. The Morgan fingerprint density at radius 1 is 1.08 bits per heavy atom. The van der Waals surface area contributed by atoms with Crippen molar-refractivity contribution in [2.75, 3.05) is 12.0 Å². The minimum absolute atomic E-state index is 0.390. The van der Waals surface area contributed by atoms with Gasteiger partial charge in [-0.3, -0.25) is 19.9 Å². The summed E-state index contributed by atoms with van der Waals surface area (Å²) in [6, 6.07) is 13.1. The number of aliphatic imine (C=N–C) groups is 1. The summed E-state index contributed by atoms with van der Waals surface area (Å²) in [5.41, 5.74) is 1.86. The Morgan fingerprint density at radius 3 is 2.46 bits per heavy atom. The Bertz CT molecular complexity index is 890. The minimum Gasteiger partial charge on any atom is -0.494 e. The zero-order chi connectivity index (χ0) is 18.7. The number of nitrogens with one attached hydrogen (secondary N) is 1. The number of rotatable bonds is 4. The third-order valence-electron chi connectivity index (χ3n) is 3.94. The number of benzene rings is 2. The van der Waals surface area contributed by atoms with Gasteiger partial charge in [0.2, 0.25) is 5.91 Å². The normalized spacial score (nSPS) is 17.5. The Hall–Kier alpha value is -3.48. The molecule has 1 aliphatic rings. The molecule has 1 aliphatic heterocycles. The smallest absolute Gasteiger partial charge is 0.335 e. The van der Waals surface area contributed by atoms with Crippen molar-refractivity contribution in [3.8, 4) is 5.75 Å². The number of carbonyl (C=O) groups is 3. The van der Waals surface area contributed by atoms with Gasteiger partial charge in [-0.1, -0.05) is 29.8 Å². The van der Waals surface area contributed by atoms with Crippen LogP contribution in [0.25, 0.3) is 0 Å². The number of barbiturate groups is 1. The predicted molar refractivity (Wildman–Crippen MR) is 96.8 cm³/mol. The predicted octanol–water partition coefficient (Wildman–Crippen LogP) is 2.61. The van der Waals surface area contributed by atoms with Crippen molar-refractivity contribution in [2.45, 2.75) is 6.92 Å². The van der Waals surface area contributed by atoms with Crippen molar-refractivity contribution in [1.29, 1.82) is 0 Å². The summed E-state index contributed by atoms with van der Waals surface area (Å²) < 4.78 is 5.19. The molecule has 0 saturated carbocycles. The molecule has 0 spiro atoms. The van der Waals surface area contributed by atoms with Crippen molar-refractivity contribution >= 4 is 35.4 Å². The van der Waals surface area contributed by atoms with E-state index in [1.807, 2.05) is 6.92 Å². The third-order valence-corrected chi connectivity index (χ3v) is 3.94. The second-order valence-electron chi connectivity index (χ2n) is 5.73. The van der Waals surface area contributed by atoms with Gasteiger partial charge in [-0.15, -0.1) is 0 Å². The molecule has 3 rings (SSSR count). The number of nitrogens with zero attached hydrogens (tertiary/aromatic N) is 2. The van der Waals surface area contributed by atoms with E-state index in [9.17, 15) is 14.4 Å². The van der Waals surface area contributed by atoms with Crippen molar-refractivity contribution in [2.24, 2.45) is 10.9 Å². The number of amides is 4. The van der Waals surface area contributed by atoms with Crippen LogP contribution in [0.4, 0.5) is 16.2 Å². The van der Waals surface area contributed by atoms with Crippen LogP contribution in [0.5, 0.6) is 5.75 Å². The van der Waals surface area contributed by atoms with Crippen LogP contribution in [0, 0.1) is 12.8 Å². The summed E-state index contributed by atoms with van der Waals surface area (Å²) in [4.78, 5) is 42.1. The molecular formula is C19H17N3O4. The summed E-state index contributed by atoms with van der Waals surface area (Å²) in [5.74, 6) is -2.05. The fourth-order valence-corrected chi connectivity index (χ4v) is 2.55. The molecule has 2 aromatic carbocycles. The molecule has 132 valence electrons. The van der Waals surface area contributed by atoms with E-state index in [0.717, 1.165) is 10.5 Å². The summed E-state index contributed by atoms with van der Waals surface area (Å²) in [7, 11) is 1.50. The number of hydrogen-bond donors (Lipinski definition) is 1. The largest absolute Gasteiger partial charge is 0.494 e. The first-order valence-electron chi connectivity index (χ1n) is 7.94. The average molecular weight is 351 g/mol. The zero-order valence-electron chi connectivity index (χ0n) is 14.3. The van der Waals surface area contributed by atoms with Crippen LogP contribution in [-0.2, 0) is 9.59 Å². The minimum atomic E-state index is -1.21. The van der Waals surface area contributed by atoms with E-state index in [1.54, 1.807) is 48.5 Å². The van der Waals surface area contributed by atoms with Crippen LogP contribution in [0.2, 0.25) is 0 Å². The highest BCUT2D eigenvalue weighted by molar-refractivity contribution is 6.32. The average Bonchev–Trinajstić information content (AvgIpc) is 2.63. The number of aryl methyl sites for hydroxylation is 1. The molecule has 0 aliphatic carbocycles. The summed E-state index contributed by atoms with van der Waals surface area (Å²) >= 11 is 0. The monoisotopic (exact) mass is 351 g/mol. The summed E-state index contributed by atoms with van der Waals surface area (Å²) in [5, 5.41) is 2.19. The number of imide groups is 2. The lowest BCUT2D eigenvalue weighted by molar-refractivity contribution is -0.131. The lowest BCUT2D eigenvalue weighted by Crippen LogP contribution is -2.58. The van der Waals surface area contributed by atoms with E-state index in [2.05, 4.69) is 10.3 Å². The van der Waals surface area contributed by atoms with Crippen molar-refractivity contribution < 1.29 is 19.1 Å². The number of methoxy groups -OCH3 is 1. The van der Waals surface area contributed by atoms with Crippen molar-refractivity contribution in [3.05, 3.63) is 54.1 Å². The van der Waals surface area contributed by atoms with Crippen molar-refractivity contribution in [3.63, 3.8) is 0 Å². The van der Waals surface area contributed by atoms with Gasteiger partial charge in [-0.25, -0.2) is 9.69 Å². The Morgan fingerprint density at radius 2 is 1.77 bits per heavy atom. The lowest BCUT2D eigenvalue weighted by atomic mass is 10.1. The molecule has 0 bridgehead atoms. The first-order valence-corrected chi connectivity index (χ1v) is 7.94. The molecule has 0 unspecified atom stereocenters. The third kappa shape index (κ3) is 3.32. The van der Waals surface area contributed by atoms with E-state index >= 15 is 0 Å². The van der Waals surface area contributed by atoms with Gasteiger partial charge in [-0.05, 0) is 31.2 Å². The van der Waals surface area contributed by atoms with E-state index in [4.69, 9.17) is 4.74 Å². The Labute approximate surface area is 150 Å². The van der Waals surface area contributed by atoms with Gasteiger partial charge in [0.05, 0.1) is 12.8 Å². The van der Waals surface area contributed by atoms with Crippen LogP contribution in [0.1, 0.15) is 5.56 Å². The second-order valence-corrected chi connectivity index (χ2v) is 5.73. The van der Waals surface area contributed by atoms with Crippen LogP contribution >= 0.6 is 0 Å². The topological polar surface area (TPSA) is 88.1 Å². The molecule has 1 saturated heterocycles. The maximum absolute atomic E-state index is 12.7. The highest BCUT2D eigenvalue weighted by Crippen LogP contribution is 2.27. The molecular weight excluding hydrogens is 334 g/mol. The second kappa shape index (κ2) is 7.18. The lowest BCUT2D eigenvalue weighted by Gasteiger charge is -2.28. The first kappa shape index (κ1) is 17.3. The van der Waals surface area contributed by atoms with Gasteiger partial charge < -0.3 is 4.74 Å². The molecule has 26 heavy (non-hydrogen) atoms. The molecule has 4 amide bonds. The summed E-state index contributed by atoms with van der Waals surface area (Å²) in [6.45, 7) is 1.90. The molecule has 1 N–H and O–H groups in total. The maximum Gasteiger partial charge on any atom is 0.335 e. The fourth-order valence-electron chi connectivity index (χ4n) is 2.55. The number of urea groups is 1. The van der Waals surface area contributed by atoms with Crippen LogP contribution in [0.15, 0.2) is 53.5 Å². The van der Waals surface area contributed by atoms with Crippen LogP contribution < -0.4 is 15.0 Å². The molecule has 7 nitrogen and oxygen atoms in total. The van der Waals surface area contributed by atoms with E-state index in [1.165, 1.54) is 13.3 Å². The molecule has 0 aromatic heterocycles. The fraction of sp³-hybridized carbons (Fsp3) is 0.158. The Balaban J connectivity index is 1.90. The number of ether oxygens (including phenoxy) is 1. The van der Waals surface area contributed by atoms with E-state index in [-0.39, 0.29) is 0 Å². The molecule has 0 radical (unpaired) electrons. The molecule has 1 fully saturated rings. The van der Waals surface area contributed by atoms with Gasteiger partial charge in [0, 0.05) is 6.21 Å². The standard InChI is InChI=1S/C19H17N3O4/c1-12-7-9-13(10-8-12)22-18(24)14(17(23)21-19(22)25)11-20-15-5-3-4-6-16(15)26-2/h3-11,14H,1-2H3,(H,21,23,25)/t14-/m1/s1. The van der Waals surface area contributed by atoms with Crippen LogP contribution in [0.3, 0.4) is 0 Å². The number of para-hydroxylation sites is 2. The molecule has 2 aromatic rings. The van der Waals surface area contributed by atoms with E-state index in [0.29, 0.717) is 17.1 Å². The SMILES string of the molecule is COc1ccccc1N=C[C@@H]1C(=O)NC(=O)N(c2ccc(C)cc2)C1=O. The molecule has 1 atom stereocenters. The van der Waals surface area contributed by atoms with Gasteiger partial charge >= 0.3 is 6.03 Å². The Kier molecular flexibility index (Phi) is 4.79. The molecule has 1 heterocycles. The number of carbonyl (C=O) groups excluding carboxylic acids is 3. The van der Waals surface area contributed by atoms with Gasteiger partial charge in [-0.2, -0.15) is 0 Å². The van der Waals surface area contributed by atoms with Gasteiger partial charge in [0.25, 0.3) is 5.91 Å². The summed E-state index contributed by atoms with van der Waals surface area (Å²) in [6.07, 6.45) is 1.23. The van der Waals surface area contributed by atoms with Gasteiger partial charge in [0.15, 0.2) is 5.92 Å².